The summed E-state index contributed by atoms with van der Waals surface area (Å²) in [6, 6.07) is 8.85. The first-order valence-electron chi connectivity index (χ1n) is 6.54. The maximum Gasteiger partial charge on any atom is 0.261 e. The number of anilines is 2. The number of carbonyl (C=O) groups excluding carboxylic acids is 1. The average Bonchev–Trinajstić information content (AvgIpc) is 2.38. The van der Waals surface area contributed by atoms with E-state index in [4.69, 9.17) is 23.2 Å². The summed E-state index contributed by atoms with van der Waals surface area (Å²) in [5.74, 6) is -0.226. The molecule has 0 saturated carbocycles. The molecular formula is C15H14Cl2N2O3S. The Bertz CT molecular complexity index is 847. The van der Waals surface area contributed by atoms with Crippen molar-refractivity contribution in [2.75, 3.05) is 10.0 Å². The zero-order valence-corrected chi connectivity index (χ0v) is 14.7. The van der Waals surface area contributed by atoms with Gasteiger partial charge in [0.15, 0.2) is 0 Å². The highest BCUT2D eigenvalue weighted by Crippen LogP contribution is 2.26. The minimum absolute atomic E-state index is 0.0696. The van der Waals surface area contributed by atoms with Crippen LogP contribution in [0.2, 0.25) is 10.0 Å². The Hall–Kier alpha value is -1.76. The number of benzene rings is 2. The number of aryl methyl sites for hydroxylation is 1. The predicted molar refractivity (Wildman–Crippen MR) is 92.8 cm³/mol. The zero-order chi connectivity index (χ0) is 17.2. The third-order valence-electron chi connectivity index (χ3n) is 2.93. The van der Waals surface area contributed by atoms with Crippen molar-refractivity contribution in [2.24, 2.45) is 0 Å². The molecule has 1 amide bonds. The summed E-state index contributed by atoms with van der Waals surface area (Å²) >= 11 is 11.7. The van der Waals surface area contributed by atoms with Gasteiger partial charge < -0.3 is 5.32 Å². The minimum atomic E-state index is -3.79. The molecule has 122 valence electrons. The molecule has 23 heavy (non-hydrogen) atoms. The first-order valence-corrected chi connectivity index (χ1v) is 8.78. The molecule has 8 heteroatoms. The Morgan fingerprint density at radius 2 is 1.65 bits per heavy atom. The average molecular weight is 373 g/mol. The van der Waals surface area contributed by atoms with E-state index in [0.717, 1.165) is 0 Å². The molecule has 2 N–H and O–H groups in total. The zero-order valence-electron chi connectivity index (χ0n) is 12.4. The second kappa shape index (κ2) is 6.78. The van der Waals surface area contributed by atoms with Gasteiger partial charge >= 0.3 is 0 Å². The van der Waals surface area contributed by atoms with E-state index in [-0.39, 0.29) is 16.5 Å². The van der Waals surface area contributed by atoms with E-state index in [0.29, 0.717) is 21.3 Å². The van der Waals surface area contributed by atoms with Crippen molar-refractivity contribution in [3.63, 3.8) is 0 Å². The molecule has 0 aliphatic carbocycles. The van der Waals surface area contributed by atoms with E-state index >= 15 is 0 Å². The molecule has 0 aliphatic heterocycles. The molecule has 5 nitrogen and oxygen atoms in total. The van der Waals surface area contributed by atoms with Crippen LogP contribution in [0, 0.1) is 6.92 Å². The normalized spacial score (nSPS) is 11.1. The lowest BCUT2D eigenvalue weighted by Gasteiger charge is -2.12. The van der Waals surface area contributed by atoms with Crippen molar-refractivity contribution < 1.29 is 13.2 Å². The molecule has 2 aromatic rings. The van der Waals surface area contributed by atoms with Crippen LogP contribution in [0.3, 0.4) is 0 Å². The number of carbonyl (C=O) groups is 1. The van der Waals surface area contributed by atoms with Crippen LogP contribution in [-0.4, -0.2) is 14.3 Å². The van der Waals surface area contributed by atoms with Gasteiger partial charge in [-0.25, -0.2) is 8.42 Å². The molecule has 0 unspecified atom stereocenters. The Kier molecular flexibility index (Phi) is 5.19. The third-order valence-corrected chi connectivity index (χ3v) is 4.75. The van der Waals surface area contributed by atoms with E-state index in [1.165, 1.54) is 43.3 Å². The smallest absolute Gasteiger partial charge is 0.261 e. The Labute approximate surface area is 144 Å². The van der Waals surface area contributed by atoms with Crippen LogP contribution < -0.4 is 10.0 Å². The van der Waals surface area contributed by atoms with Gasteiger partial charge in [0.05, 0.1) is 10.6 Å². The lowest BCUT2D eigenvalue weighted by molar-refractivity contribution is -0.114. The number of hydrogen-bond donors (Lipinski definition) is 2. The van der Waals surface area contributed by atoms with Gasteiger partial charge in [0, 0.05) is 22.7 Å². The van der Waals surface area contributed by atoms with Gasteiger partial charge in [-0.2, -0.15) is 0 Å². The highest BCUT2D eigenvalue weighted by Gasteiger charge is 2.16. The highest BCUT2D eigenvalue weighted by molar-refractivity contribution is 7.92. The van der Waals surface area contributed by atoms with E-state index < -0.39 is 10.0 Å². The fourth-order valence-electron chi connectivity index (χ4n) is 1.96. The molecule has 0 spiro atoms. The van der Waals surface area contributed by atoms with Gasteiger partial charge in [-0.1, -0.05) is 23.2 Å². The van der Waals surface area contributed by atoms with Crippen LogP contribution in [0.15, 0.2) is 41.3 Å². The topological polar surface area (TPSA) is 75.3 Å². The molecule has 0 atom stereocenters. The van der Waals surface area contributed by atoms with Crippen molar-refractivity contribution >= 4 is 50.5 Å². The first-order chi connectivity index (χ1) is 10.7. The number of halogens is 2. The lowest BCUT2D eigenvalue weighted by Crippen LogP contribution is -2.14. The van der Waals surface area contributed by atoms with E-state index in [1.807, 2.05) is 0 Å². The van der Waals surface area contributed by atoms with Gasteiger partial charge in [0.1, 0.15) is 0 Å². The molecule has 2 rings (SSSR count). The highest BCUT2D eigenvalue weighted by atomic mass is 35.5. The molecule has 0 saturated heterocycles. The number of nitrogens with one attached hydrogen (secondary N) is 2. The number of sulfonamides is 1. The Morgan fingerprint density at radius 3 is 2.17 bits per heavy atom. The van der Waals surface area contributed by atoms with Gasteiger partial charge in [0.2, 0.25) is 5.91 Å². The van der Waals surface area contributed by atoms with Crippen LogP contribution in [0.5, 0.6) is 0 Å². The third kappa shape index (κ3) is 4.60. The van der Waals surface area contributed by atoms with E-state index in [9.17, 15) is 13.2 Å². The Balaban J connectivity index is 2.32. The van der Waals surface area contributed by atoms with Crippen LogP contribution in [0.25, 0.3) is 0 Å². The molecule has 0 fully saturated rings. The lowest BCUT2D eigenvalue weighted by atomic mass is 10.2. The van der Waals surface area contributed by atoms with Crippen LogP contribution in [-0.2, 0) is 14.8 Å². The Morgan fingerprint density at radius 1 is 1.04 bits per heavy atom. The first kappa shape index (κ1) is 17.6. The summed E-state index contributed by atoms with van der Waals surface area (Å²) in [5, 5.41) is 3.28. The molecular weight excluding hydrogens is 359 g/mol. The van der Waals surface area contributed by atoms with Gasteiger partial charge in [-0.15, -0.1) is 0 Å². The van der Waals surface area contributed by atoms with E-state index in [1.54, 1.807) is 6.92 Å². The maximum absolute atomic E-state index is 12.4. The van der Waals surface area contributed by atoms with Crippen LogP contribution >= 0.6 is 23.2 Å². The summed E-state index contributed by atoms with van der Waals surface area (Å²) in [4.78, 5) is 11.2. The summed E-state index contributed by atoms with van der Waals surface area (Å²) in [6.45, 7) is 3.09. The number of rotatable bonds is 4. The van der Waals surface area contributed by atoms with Crippen molar-refractivity contribution in [3.05, 3.63) is 52.0 Å². The second-order valence-corrected chi connectivity index (χ2v) is 7.48. The number of amides is 1. The predicted octanol–water partition coefficient (Wildman–Crippen LogP) is 4.06. The molecule has 0 bridgehead atoms. The number of hydrogen-bond acceptors (Lipinski definition) is 3. The van der Waals surface area contributed by atoms with Crippen molar-refractivity contribution in [1.82, 2.24) is 0 Å². The summed E-state index contributed by atoms with van der Waals surface area (Å²) in [5.41, 5.74) is 1.46. The quantitative estimate of drug-likeness (QED) is 0.849. The van der Waals surface area contributed by atoms with Crippen molar-refractivity contribution in [3.8, 4) is 0 Å². The fourth-order valence-corrected chi connectivity index (χ4v) is 3.61. The van der Waals surface area contributed by atoms with Crippen molar-refractivity contribution in [2.45, 2.75) is 18.7 Å². The fraction of sp³-hybridized carbons (Fsp3) is 0.133. The molecule has 0 aliphatic rings. The SMILES string of the molecule is CC(=O)Nc1ccc(S(=O)(=O)Nc2cc(Cl)cc(Cl)c2)cc1C. The molecule has 0 aromatic heterocycles. The molecule has 0 radical (unpaired) electrons. The monoisotopic (exact) mass is 372 g/mol. The van der Waals surface area contributed by atoms with Crippen LogP contribution in [0.4, 0.5) is 11.4 Å². The summed E-state index contributed by atoms with van der Waals surface area (Å²) in [6.07, 6.45) is 0. The van der Waals surface area contributed by atoms with Gasteiger partial charge in [-0.3, -0.25) is 9.52 Å². The minimum Gasteiger partial charge on any atom is -0.326 e. The second-order valence-electron chi connectivity index (χ2n) is 4.92. The largest absolute Gasteiger partial charge is 0.326 e. The summed E-state index contributed by atoms with van der Waals surface area (Å²) in [7, 11) is -3.79. The molecule has 2 aromatic carbocycles. The van der Waals surface area contributed by atoms with Crippen LogP contribution in [0.1, 0.15) is 12.5 Å². The molecule has 0 heterocycles. The van der Waals surface area contributed by atoms with Crippen molar-refractivity contribution in [1.29, 1.82) is 0 Å². The van der Waals surface area contributed by atoms with Gasteiger partial charge in [-0.05, 0) is 48.9 Å². The maximum atomic E-state index is 12.4. The standard InChI is InChI=1S/C15H14Cl2N2O3S/c1-9-5-14(3-4-15(9)18-10(2)20)23(21,22)19-13-7-11(16)6-12(17)8-13/h3-8,19H,1-2H3,(H,18,20). The van der Waals surface area contributed by atoms with Gasteiger partial charge in [0.25, 0.3) is 10.0 Å². The van der Waals surface area contributed by atoms with E-state index in [2.05, 4.69) is 10.0 Å². The summed E-state index contributed by atoms with van der Waals surface area (Å²) < 4.78 is 27.3.